The highest BCUT2D eigenvalue weighted by molar-refractivity contribution is 5.99. The number of amides is 1. The molecule has 1 saturated carbocycles. The molecule has 1 atom stereocenters. The van der Waals surface area contributed by atoms with E-state index in [0.29, 0.717) is 6.04 Å². The number of rotatable bonds is 6. The van der Waals surface area contributed by atoms with Crippen LogP contribution in [0.3, 0.4) is 0 Å². The molecule has 0 N–H and O–H groups in total. The molecule has 1 aliphatic carbocycles. The highest BCUT2D eigenvalue weighted by atomic mass is 16.2. The van der Waals surface area contributed by atoms with Crippen molar-refractivity contribution in [2.75, 3.05) is 26.2 Å². The smallest absolute Gasteiger partial charge is 0.246 e. The topological polar surface area (TPSA) is 40.6 Å². The summed E-state index contributed by atoms with van der Waals surface area (Å²) in [5, 5.41) is 0. The fourth-order valence-electron chi connectivity index (χ4n) is 4.18. The van der Waals surface area contributed by atoms with Crippen molar-refractivity contribution in [3.63, 3.8) is 0 Å². The summed E-state index contributed by atoms with van der Waals surface area (Å²) in [6, 6.07) is 8.01. The molecular formula is C22H28N2O2. The van der Waals surface area contributed by atoms with Crippen LogP contribution >= 0.6 is 0 Å². The minimum Gasteiger partial charge on any atom is -0.335 e. The Kier molecular flexibility index (Phi) is 5.21. The number of nitrogens with zero attached hydrogens (tertiary/aromatic N) is 2. The number of Topliss-reactive ketones (excluding diaryl/α,β-unsaturated/α-hetero) is 1. The molecule has 0 radical (unpaired) electrons. The van der Waals surface area contributed by atoms with Crippen molar-refractivity contribution in [2.45, 2.75) is 44.6 Å². The summed E-state index contributed by atoms with van der Waals surface area (Å²) in [5.41, 5.74) is 1.77. The van der Waals surface area contributed by atoms with Crippen molar-refractivity contribution >= 4 is 17.8 Å². The van der Waals surface area contributed by atoms with Gasteiger partial charge in [-0.25, -0.2) is 0 Å². The lowest BCUT2D eigenvalue weighted by atomic mass is 10.0. The van der Waals surface area contributed by atoms with Gasteiger partial charge in [0.25, 0.3) is 0 Å². The van der Waals surface area contributed by atoms with Gasteiger partial charge in [0.1, 0.15) is 0 Å². The number of ketones is 1. The maximum absolute atomic E-state index is 12.6. The van der Waals surface area contributed by atoms with Gasteiger partial charge in [-0.2, -0.15) is 0 Å². The van der Waals surface area contributed by atoms with E-state index in [1.165, 1.54) is 25.9 Å². The second kappa shape index (κ2) is 7.75. The predicted octanol–water partition coefficient (Wildman–Crippen LogP) is 3.38. The molecule has 2 heterocycles. The largest absolute Gasteiger partial charge is 0.335 e. The molecule has 1 aromatic carbocycles. The number of likely N-dealkylation sites (tertiary alicyclic amines) is 2. The van der Waals surface area contributed by atoms with Gasteiger partial charge in [-0.1, -0.05) is 24.3 Å². The van der Waals surface area contributed by atoms with Crippen LogP contribution in [0.5, 0.6) is 0 Å². The van der Waals surface area contributed by atoms with E-state index in [9.17, 15) is 9.59 Å². The van der Waals surface area contributed by atoms with E-state index in [1.54, 1.807) is 6.08 Å². The van der Waals surface area contributed by atoms with Gasteiger partial charge in [0, 0.05) is 36.7 Å². The standard InChI is InChI=1S/C22H28N2O2/c25-21(24-15-3-4-20(24)16-23-13-1-2-14-23)12-7-17-5-8-18(9-6-17)22(26)19-10-11-19/h5-9,12,19-20H,1-4,10-11,13-16H2/b12-7+/t20-/m0/s1. The normalized spacial score (nSPS) is 23.8. The van der Waals surface area contributed by atoms with Crippen LogP contribution in [0.1, 0.15) is 54.4 Å². The summed E-state index contributed by atoms with van der Waals surface area (Å²) in [7, 11) is 0. The quantitative estimate of drug-likeness (QED) is 0.582. The van der Waals surface area contributed by atoms with Gasteiger partial charge in [0.15, 0.2) is 5.78 Å². The monoisotopic (exact) mass is 352 g/mol. The molecule has 4 nitrogen and oxygen atoms in total. The average molecular weight is 352 g/mol. The van der Waals surface area contributed by atoms with E-state index in [2.05, 4.69) is 4.90 Å². The van der Waals surface area contributed by atoms with Gasteiger partial charge in [-0.15, -0.1) is 0 Å². The van der Waals surface area contributed by atoms with Crippen LogP contribution in [-0.2, 0) is 4.79 Å². The molecule has 1 amide bonds. The Labute approximate surface area is 155 Å². The van der Waals surface area contributed by atoms with Crippen molar-refractivity contribution in [1.82, 2.24) is 9.80 Å². The number of benzene rings is 1. The predicted molar refractivity (Wildman–Crippen MR) is 103 cm³/mol. The van der Waals surface area contributed by atoms with E-state index >= 15 is 0 Å². The fraction of sp³-hybridized carbons (Fsp3) is 0.545. The van der Waals surface area contributed by atoms with Crippen LogP contribution < -0.4 is 0 Å². The fourth-order valence-corrected chi connectivity index (χ4v) is 4.18. The van der Waals surface area contributed by atoms with E-state index in [1.807, 2.05) is 35.2 Å². The molecule has 2 saturated heterocycles. The zero-order valence-corrected chi connectivity index (χ0v) is 15.4. The molecule has 0 spiro atoms. The molecule has 26 heavy (non-hydrogen) atoms. The first-order valence-electron chi connectivity index (χ1n) is 10.1. The van der Waals surface area contributed by atoms with Gasteiger partial charge in [-0.05, 0) is 63.3 Å². The van der Waals surface area contributed by atoms with E-state index in [0.717, 1.165) is 49.9 Å². The molecule has 4 heteroatoms. The van der Waals surface area contributed by atoms with Crippen molar-refractivity contribution < 1.29 is 9.59 Å². The minimum atomic E-state index is 0.116. The second-order valence-electron chi connectivity index (χ2n) is 7.93. The first-order chi connectivity index (χ1) is 12.7. The van der Waals surface area contributed by atoms with Crippen LogP contribution in [0.4, 0.5) is 0 Å². The third kappa shape index (κ3) is 4.07. The van der Waals surface area contributed by atoms with Crippen molar-refractivity contribution in [2.24, 2.45) is 5.92 Å². The molecule has 0 unspecified atom stereocenters. The zero-order valence-electron chi connectivity index (χ0n) is 15.4. The van der Waals surface area contributed by atoms with Crippen molar-refractivity contribution in [3.8, 4) is 0 Å². The van der Waals surface area contributed by atoms with Gasteiger partial charge in [-0.3, -0.25) is 9.59 Å². The maximum Gasteiger partial charge on any atom is 0.246 e. The summed E-state index contributed by atoms with van der Waals surface area (Å²) >= 11 is 0. The van der Waals surface area contributed by atoms with E-state index in [-0.39, 0.29) is 17.6 Å². The molecule has 138 valence electrons. The van der Waals surface area contributed by atoms with E-state index < -0.39 is 0 Å². The maximum atomic E-state index is 12.6. The van der Waals surface area contributed by atoms with Crippen molar-refractivity contribution in [3.05, 3.63) is 41.5 Å². The number of hydrogen-bond acceptors (Lipinski definition) is 3. The number of carbonyl (C=O) groups is 2. The summed E-state index contributed by atoms with van der Waals surface area (Å²) in [5.74, 6) is 0.629. The Morgan fingerprint density at radius 3 is 2.38 bits per heavy atom. The lowest BCUT2D eigenvalue weighted by Crippen LogP contribution is -2.41. The Balaban J connectivity index is 1.34. The first-order valence-corrected chi connectivity index (χ1v) is 10.1. The molecule has 2 aliphatic heterocycles. The van der Waals surface area contributed by atoms with Gasteiger partial charge in [0.2, 0.25) is 5.91 Å². The third-order valence-electron chi connectivity index (χ3n) is 5.89. The summed E-state index contributed by atoms with van der Waals surface area (Å²) in [6.07, 6.45) is 10.4. The molecule has 3 aliphatic rings. The zero-order chi connectivity index (χ0) is 17.9. The van der Waals surface area contributed by atoms with Crippen LogP contribution in [0.15, 0.2) is 30.3 Å². The van der Waals surface area contributed by atoms with Gasteiger partial charge < -0.3 is 9.80 Å². The first kappa shape index (κ1) is 17.5. The molecule has 0 aromatic heterocycles. The summed E-state index contributed by atoms with van der Waals surface area (Å²) in [4.78, 5) is 29.2. The number of carbonyl (C=O) groups excluding carboxylic acids is 2. The summed E-state index contributed by atoms with van der Waals surface area (Å²) < 4.78 is 0. The second-order valence-corrected chi connectivity index (χ2v) is 7.93. The molecule has 4 rings (SSSR count). The Morgan fingerprint density at radius 1 is 0.962 bits per heavy atom. The summed E-state index contributed by atoms with van der Waals surface area (Å²) in [6.45, 7) is 4.26. The SMILES string of the molecule is O=C(c1ccc(/C=C/C(=O)N2CCC[C@H]2CN2CCCC2)cc1)C1CC1. The van der Waals surface area contributed by atoms with Gasteiger partial charge >= 0.3 is 0 Å². The Bertz CT molecular complexity index is 685. The van der Waals surface area contributed by atoms with Crippen LogP contribution in [0.25, 0.3) is 6.08 Å². The molecule has 1 aromatic rings. The molecule has 0 bridgehead atoms. The van der Waals surface area contributed by atoms with Crippen LogP contribution in [0, 0.1) is 5.92 Å². The Hall–Kier alpha value is -1.94. The average Bonchev–Trinajstić information content (AvgIpc) is 3.19. The number of hydrogen-bond donors (Lipinski definition) is 0. The molecule has 3 fully saturated rings. The Morgan fingerprint density at radius 2 is 1.69 bits per heavy atom. The third-order valence-corrected chi connectivity index (χ3v) is 5.89. The highest BCUT2D eigenvalue weighted by Gasteiger charge is 2.30. The molecular weight excluding hydrogens is 324 g/mol. The lowest BCUT2D eigenvalue weighted by molar-refractivity contribution is -0.127. The highest BCUT2D eigenvalue weighted by Crippen LogP contribution is 2.32. The van der Waals surface area contributed by atoms with Crippen molar-refractivity contribution in [1.29, 1.82) is 0 Å². The lowest BCUT2D eigenvalue weighted by Gasteiger charge is -2.27. The van der Waals surface area contributed by atoms with Gasteiger partial charge in [0.05, 0.1) is 0 Å². The van der Waals surface area contributed by atoms with E-state index in [4.69, 9.17) is 0 Å². The van der Waals surface area contributed by atoms with Crippen LogP contribution in [-0.4, -0.2) is 53.7 Å². The van der Waals surface area contributed by atoms with Crippen LogP contribution in [0.2, 0.25) is 0 Å². The minimum absolute atomic E-state index is 0.116.